The second kappa shape index (κ2) is 5.11. The molecule has 1 unspecified atom stereocenters. The molecule has 0 saturated heterocycles. The lowest BCUT2D eigenvalue weighted by atomic mass is 10.5. The minimum Gasteiger partial charge on any atom is -0.171 e. The maximum atomic E-state index is 11.8. The highest BCUT2D eigenvalue weighted by Gasteiger charge is 2.27. The molecule has 0 aliphatic rings. The first-order valence-electron chi connectivity index (χ1n) is 4.13. The van der Waals surface area contributed by atoms with Gasteiger partial charge in [0, 0.05) is 5.75 Å². The smallest absolute Gasteiger partial charge is 0.171 e. The van der Waals surface area contributed by atoms with Crippen molar-refractivity contribution in [2.45, 2.75) is 24.2 Å². The Bertz CT molecular complexity index is 313. The number of rotatable bonds is 4. The molecule has 0 aromatic carbocycles. The third-order valence-corrected chi connectivity index (χ3v) is 3.05. The Morgan fingerprint density at radius 2 is 2.27 bits per heavy atom. The van der Waals surface area contributed by atoms with Gasteiger partial charge in [0.15, 0.2) is 4.71 Å². The summed E-state index contributed by atoms with van der Waals surface area (Å²) in [7, 11) is 0. The van der Waals surface area contributed by atoms with Crippen molar-refractivity contribution in [1.82, 2.24) is 15.0 Å². The highest BCUT2D eigenvalue weighted by molar-refractivity contribution is 8.09. The molecule has 0 aliphatic carbocycles. The summed E-state index contributed by atoms with van der Waals surface area (Å²) in [5, 5.41) is 7.81. The first kappa shape index (κ1) is 12.7. The van der Waals surface area contributed by atoms with E-state index in [9.17, 15) is 13.2 Å². The molecule has 0 saturated carbocycles. The highest BCUT2D eigenvalue weighted by Crippen LogP contribution is 2.29. The summed E-state index contributed by atoms with van der Waals surface area (Å²) in [6.07, 6.45) is -3.41. The fourth-order valence-corrected chi connectivity index (χ4v) is 2.03. The Labute approximate surface area is 94.8 Å². The number of thioether (sulfide) groups is 1. The van der Waals surface area contributed by atoms with E-state index in [0.29, 0.717) is 5.69 Å². The highest BCUT2D eigenvalue weighted by atomic mass is 32.2. The van der Waals surface area contributed by atoms with Crippen molar-refractivity contribution in [3.05, 3.63) is 11.9 Å². The zero-order valence-corrected chi connectivity index (χ0v) is 9.61. The summed E-state index contributed by atoms with van der Waals surface area (Å²) in [6, 6.07) is 0. The molecule has 0 amide bonds. The Morgan fingerprint density at radius 1 is 1.60 bits per heavy atom. The molecule has 8 heteroatoms. The lowest BCUT2D eigenvalue weighted by Gasteiger charge is -2.10. The van der Waals surface area contributed by atoms with Gasteiger partial charge in [0.05, 0.1) is 18.3 Å². The van der Waals surface area contributed by atoms with Crippen LogP contribution in [0.5, 0.6) is 0 Å². The summed E-state index contributed by atoms with van der Waals surface area (Å²) in [4.78, 5) is 1.29. The van der Waals surface area contributed by atoms with E-state index in [4.69, 9.17) is 0 Å². The third kappa shape index (κ3) is 4.78. The summed E-state index contributed by atoms with van der Waals surface area (Å²) in [6.45, 7) is 1.75. The van der Waals surface area contributed by atoms with E-state index in [1.165, 1.54) is 11.0 Å². The van der Waals surface area contributed by atoms with E-state index in [2.05, 4.69) is 22.8 Å². The van der Waals surface area contributed by atoms with E-state index in [1.807, 2.05) is 0 Å². The minimum atomic E-state index is -4.12. The predicted molar refractivity (Wildman–Crippen MR) is 55.9 cm³/mol. The Morgan fingerprint density at radius 3 is 2.73 bits per heavy atom. The van der Waals surface area contributed by atoms with E-state index < -0.39 is 17.3 Å². The molecule has 1 rings (SSSR count). The monoisotopic (exact) mass is 257 g/mol. The van der Waals surface area contributed by atoms with Gasteiger partial charge in [0.25, 0.3) is 0 Å². The molecule has 0 radical (unpaired) electrons. The second-order valence-electron chi connectivity index (χ2n) is 2.87. The number of aromatic nitrogens is 3. The zero-order valence-electron chi connectivity index (χ0n) is 7.90. The fraction of sp³-hybridized carbons (Fsp3) is 0.714. The van der Waals surface area contributed by atoms with Gasteiger partial charge < -0.3 is 0 Å². The van der Waals surface area contributed by atoms with Crippen LogP contribution in [0.15, 0.2) is 6.20 Å². The van der Waals surface area contributed by atoms with Crippen LogP contribution in [0.4, 0.5) is 13.2 Å². The standard InChI is InChI=1S/C7H10F3N3S2/c1-5-4-11-13(12-5)6(14)15-3-2-7(8,9)10/h4,6,14H,2-3H2,1H3. The van der Waals surface area contributed by atoms with Crippen LogP contribution in [0, 0.1) is 6.92 Å². The third-order valence-electron chi connectivity index (χ3n) is 1.47. The molecule has 1 aromatic rings. The maximum absolute atomic E-state index is 11.8. The van der Waals surface area contributed by atoms with Crippen LogP contribution in [-0.2, 0) is 0 Å². The van der Waals surface area contributed by atoms with Gasteiger partial charge in [-0.2, -0.15) is 28.2 Å². The van der Waals surface area contributed by atoms with Crippen molar-refractivity contribution < 1.29 is 13.2 Å². The minimum absolute atomic E-state index is 0.0434. The maximum Gasteiger partial charge on any atom is 0.389 e. The molecule has 15 heavy (non-hydrogen) atoms. The molecule has 1 aromatic heterocycles. The van der Waals surface area contributed by atoms with Crippen molar-refractivity contribution in [3.63, 3.8) is 0 Å². The molecular formula is C7H10F3N3S2. The van der Waals surface area contributed by atoms with Gasteiger partial charge in [-0.05, 0) is 6.92 Å². The number of thiol groups is 1. The van der Waals surface area contributed by atoms with Crippen LogP contribution >= 0.6 is 24.4 Å². The second-order valence-corrected chi connectivity index (χ2v) is 4.90. The Balaban J connectivity index is 2.34. The number of hydrogen-bond acceptors (Lipinski definition) is 4. The van der Waals surface area contributed by atoms with Crippen molar-refractivity contribution in [2.75, 3.05) is 5.75 Å². The Hall–Kier alpha value is -0.370. The average Bonchev–Trinajstić information content (AvgIpc) is 2.49. The van der Waals surface area contributed by atoms with Gasteiger partial charge in [-0.15, -0.1) is 24.4 Å². The van der Waals surface area contributed by atoms with Crippen LogP contribution in [0.2, 0.25) is 0 Å². The van der Waals surface area contributed by atoms with Gasteiger partial charge in [0.1, 0.15) is 0 Å². The topological polar surface area (TPSA) is 30.7 Å². The number of alkyl halides is 3. The molecule has 86 valence electrons. The van der Waals surface area contributed by atoms with E-state index in [1.54, 1.807) is 6.92 Å². The molecular weight excluding hydrogens is 247 g/mol. The van der Waals surface area contributed by atoms with Crippen LogP contribution in [0.3, 0.4) is 0 Å². The molecule has 1 heterocycles. The van der Waals surface area contributed by atoms with Gasteiger partial charge in [-0.3, -0.25) is 0 Å². The van der Waals surface area contributed by atoms with Crippen molar-refractivity contribution in [3.8, 4) is 0 Å². The number of nitrogens with zero attached hydrogens (tertiary/aromatic N) is 3. The summed E-state index contributed by atoms with van der Waals surface area (Å²) < 4.78 is 35.0. The van der Waals surface area contributed by atoms with E-state index in [-0.39, 0.29) is 5.75 Å². The molecule has 0 spiro atoms. The van der Waals surface area contributed by atoms with Crippen LogP contribution in [0.25, 0.3) is 0 Å². The lowest BCUT2D eigenvalue weighted by Crippen LogP contribution is -2.10. The normalized spacial score (nSPS) is 14.2. The van der Waals surface area contributed by atoms with Crippen molar-refractivity contribution >= 4 is 24.4 Å². The molecule has 0 bridgehead atoms. The Kier molecular flexibility index (Phi) is 4.32. The van der Waals surface area contributed by atoms with Crippen LogP contribution in [-0.4, -0.2) is 26.9 Å². The zero-order chi connectivity index (χ0) is 11.5. The van der Waals surface area contributed by atoms with E-state index in [0.717, 1.165) is 11.8 Å². The molecule has 0 N–H and O–H groups in total. The summed E-state index contributed by atoms with van der Waals surface area (Å²) in [5.41, 5.74) is 0.713. The van der Waals surface area contributed by atoms with E-state index >= 15 is 0 Å². The quantitative estimate of drug-likeness (QED) is 0.664. The molecule has 0 aliphatic heterocycles. The van der Waals surface area contributed by atoms with Crippen molar-refractivity contribution in [2.24, 2.45) is 0 Å². The van der Waals surface area contributed by atoms with Gasteiger partial charge in [0.2, 0.25) is 0 Å². The summed E-state index contributed by atoms with van der Waals surface area (Å²) >= 11 is 5.15. The molecule has 0 fully saturated rings. The average molecular weight is 257 g/mol. The number of aryl methyl sites for hydroxylation is 1. The largest absolute Gasteiger partial charge is 0.389 e. The number of hydrogen-bond donors (Lipinski definition) is 1. The predicted octanol–water partition coefficient (Wildman–Crippen LogP) is 2.66. The fourth-order valence-electron chi connectivity index (χ4n) is 0.809. The van der Waals surface area contributed by atoms with Gasteiger partial charge >= 0.3 is 6.18 Å². The number of halogens is 3. The van der Waals surface area contributed by atoms with Crippen molar-refractivity contribution in [1.29, 1.82) is 0 Å². The first-order chi connectivity index (χ1) is 6.88. The SMILES string of the molecule is Cc1cnn(C(S)SCCC(F)(F)F)n1. The van der Waals surface area contributed by atoms with Gasteiger partial charge in [-0.25, -0.2) is 0 Å². The first-order valence-corrected chi connectivity index (χ1v) is 5.70. The molecule has 1 atom stereocenters. The summed E-state index contributed by atoms with van der Waals surface area (Å²) in [5.74, 6) is -0.0434. The molecule has 3 nitrogen and oxygen atoms in total. The van der Waals surface area contributed by atoms with Crippen LogP contribution < -0.4 is 0 Å². The van der Waals surface area contributed by atoms with Crippen LogP contribution in [0.1, 0.15) is 16.8 Å². The van der Waals surface area contributed by atoms with Gasteiger partial charge in [-0.1, -0.05) is 0 Å². The lowest BCUT2D eigenvalue weighted by molar-refractivity contribution is -0.129.